The molecule has 56 heavy (non-hydrogen) atoms. The van der Waals surface area contributed by atoms with E-state index < -0.39 is 94.5 Å². The fourth-order valence-corrected chi connectivity index (χ4v) is 8.42. The van der Waals surface area contributed by atoms with Gasteiger partial charge in [-0.1, -0.05) is 43.3 Å². The van der Waals surface area contributed by atoms with E-state index in [0.717, 1.165) is 4.57 Å². The van der Waals surface area contributed by atoms with E-state index in [-0.39, 0.29) is 17.3 Å². The van der Waals surface area contributed by atoms with E-state index in [1.54, 1.807) is 71.0 Å². The van der Waals surface area contributed by atoms with E-state index >= 15 is 4.39 Å². The number of benzene rings is 2. The van der Waals surface area contributed by atoms with Gasteiger partial charge in [0.05, 0.1) is 36.9 Å². The predicted octanol–water partition coefficient (Wildman–Crippen LogP) is 5.64. The minimum absolute atomic E-state index is 0.0731. The average Bonchev–Trinajstić information content (AvgIpc) is 3.37. The Morgan fingerprint density at radius 1 is 0.875 bits per heavy atom. The molecule has 8 atom stereocenters. The minimum Gasteiger partial charge on any atom is -0.462 e. The Balaban J connectivity index is 1.71. The van der Waals surface area contributed by atoms with Crippen molar-refractivity contribution >= 4 is 33.2 Å². The molecular formula is C36H50FN5O12P2. The number of ether oxygens (including phenoxy) is 3. The topological polar surface area (TPSA) is 218 Å². The number of nitrogens with one attached hydrogen (secondary N) is 2. The fourth-order valence-electron chi connectivity index (χ4n) is 5.32. The highest BCUT2D eigenvalue weighted by Crippen LogP contribution is 2.53. The molecule has 2 heterocycles. The molecular weight excluding hydrogens is 775 g/mol. The van der Waals surface area contributed by atoms with E-state index in [0.29, 0.717) is 5.56 Å². The molecule has 4 rings (SSSR count). The lowest BCUT2D eigenvalue weighted by atomic mass is 9.82. The Morgan fingerprint density at radius 3 is 1.80 bits per heavy atom. The summed E-state index contributed by atoms with van der Waals surface area (Å²) in [6, 6.07) is 13.5. The molecule has 20 heteroatoms. The highest BCUT2D eigenvalue weighted by atomic mass is 31.2. The van der Waals surface area contributed by atoms with Gasteiger partial charge in [0.15, 0.2) is 12.4 Å². The second-order valence-corrected chi connectivity index (χ2v) is 17.4. The summed E-state index contributed by atoms with van der Waals surface area (Å²) in [5.74, 6) is -1.38. The van der Waals surface area contributed by atoms with Gasteiger partial charge >= 0.3 is 33.1 Å². The number of nitrogens with two attached hydrogens (primary N) is 1. The predicted molar refractivity (Wildman–Crippen MR) is 203 cm³/mol. The van der Waals surface area contributed by atoms with E-state index in [1.165, 1.54) is 51.2 Å². The van der Waals surface area contributed by atoms with Crippen LogP contribution in [0, 0.1) is 12.3 Å². The number of hydrogen-bond donors (Lipinski definition) is 3. The molecule has 0 bridgehead atoms. The van der Waals surface area contributed by atoms with Crippen LogP contribution in [-0.4, -0.2) is 71.3 Å². The number of hydrogen-bond acceptors (Lipinski definition) is 14. The van der Waals surface area contributed by atoms with Crippen LogP contribution in [-0.2, 0) is 42.0 Å². The van der Waals surface area contributed by atoms with Gasteiger partial charge in [-0.05, 0) is 72.7 Å². The van der Waals surface area contributed by atoms with Gasteiger partial charge in [0.25, 0.3) is 0 Å². The quantitative estimate of drug-likeness (QED) is 0.0984. The third-order valence-corrected chi connectivity index (χ3v) is 11.6. The Morgan fingerprint density at radius 2 is 1.34 bits per heavy atom. The molecule has 0 aliphatic carbocycles. The summed E-state index contributed by atoms with van der Waals surface area (Å²) in [5.41, 5.74) is 3.38. The van der Waals surface area contributed by atoms with Crippen LogP contribution in [0.5, 0.6) is 11.5 Å². The summed E-state index contributed by atoms with van der Waals surface area (Å²) in [4.78, 5) is 42.3. The Hall–Kier alpha value is -4.15. The molecule has 17 nitrogen and oxygen atoms in total. The Kier molecular flexibility index (Phi) is 15.0. The van der Waals surface area contributed by atoms with E-state index in [1.807, 2.05) is 0 Å². The standard InChI is InChI=1S/C36H50FN5O12P2/c1-22(2)50-33(43)25(6)40-55(46,53-27-15-11-9-12-16-27)48-20-29-36(8,30(37)32(52-29)42-19-24(5)31(38)39-35(42)45)21-49-56(47,54-28-17-13-10-14-18-28)41-26(7)34(44)51-23(3)4/h9-19,22-23,25-26,29-30,32H,20-21H2,1-8H3,(H,40,46)(H,41,47)(H2,38,39,45)/t25-,26-,29+,30?,32+,36?,55?,56?/m0/s1. The second kappa shape index (κ2) is 18.9. The van der Waals surface area contributed by atoms with Crippen molar-refractivity contribution in [2.45, 2.75) is 98.2 Å². The van der Waals surface area contributed by atoms with E-state index in [2.05, 4.69) is 15.2 Å². The number of carbonyl (C=O) groups excluding carboxylic acids is 2. The van der Waals surface area contributed by atoms with Crippen LogP contribution in [0.4, 0.5) is 10.2 Å². The maximum atomic E-state index is 17.0. The number of para-hydroxylation sites is 2. The highest BCUT2D eigenvalue weighted by Gasteiger charge is 2.57. The van der Waals surface area contributed by atoms with Gasteiger partial charge < -0.3 is 29.0 Å². The number of nitrogens with zero attached hydrogens (tertiary/aromatic N) is 2. The molecule has 308 valence electrons. The lowest BCUT2D eigenvalue weighted by molar-refractivity contribution is -0.150. The van der Waals surface area contributed by atoms with Crippen LogP contribution in [0.15, 0.2) is 71.7 Å². The van der Waals surface area contributed by atoms with Crippen molar-refractivity contribution in [1.82, 2.24) is 19.7 Å². The Labute approximate surface area is 324 Å². The molecule has 0 saturated carbocycles. The first kappa shape index (κ1) is 44.6. The third-order valence-electron chi connectivity index (χ3n) is 8.36. The van der Waals surface area contributed by atoms with Gasteiger partial charge in [-0.2, -0.15) is 15.2 Å². The fraction of sp³-hybridized carbons (Fsp3) is 0.500. The molecule has 1 aromatic heterocycles. The van der Waals surface area contributed by atoms with Crippen molar-refractivity contribution < 1.29 is 55.4 Å². The SMILES string of the molecule is Cc1cn([C@@H]2O[C@H](COP(=O)(N[C@@H](C)C(=O)OC(C)C)Oc3ccccc3)C(C)(COP(=O)(N[C@@H](C)C(=O)OC(C)C)Oc3ccccc3)C2F)c(=O)nc1N. The number of alkyl halides is 1. The maximum absolute atomic E-state index is 17.0. The average molecular weight is 826 g/mol. The lowest BCUT2D eigenvalue weighted by Crippen LogP contribution is -2.44. The van der Waals surface area contributed by atoms with Crippen LogP contribution >= 0.6 is 15.5 Å². The van der Waals surface area contributed by atoms with E-state index in [4.69, 9.17) is 38.0 Å². The molecule has 0 radical (unpaired) electrons. The number of halogens is 1. The van der Waals surface area contributed by atoms with Gasteiger partial charge in [0.2, 0.25) is 0 Å². The van der Waals surface area contributed by atoms with Crippen LogP contribution in [0.3, 0.4) is 0 Å². The van der Waals surface area contributed by atoms with Crippen molar-refractivity contribution in [3.8, 4) is 11.5 Å². The monoisotopic (exact) mass is 825 g/mol. The van der Waals surface area contributed by atoms with Crippen molar-refractivity contribution in [3.63, 3.8) is 0 Å². The van der Waals surface area contributed by atoms with Crippen LogP contribution < -0.4 is 30.6 Å². The molecule has 3 aromatic rings. The molecule has 2 aromatic carbocycles. The van der Waals surface area contributed by atoms with Gasteiger partial charge in [-0.3, -0.25) is 23.2 Å². The summed E-state index contributed by atoms with van der Waals surface area (Å²) in [6.07, 6.45) is -4.91. The molecule has 1 fully saturated rings. The van der Waals surface area contributed by atoms with Crippen LogP contribution in [0.25, 0.3) is 0 Å². The number of aryl methyl sites for hydroxylation is 1. The first-order valence-corrected chi connectivity index (χ1v) is 20.9. The summed E-state index contributed by atoms with van der Waals surface area (Å²) in [7, 11) is -9.06. The molecule has 1 aliphatic rings. The number of rotatable bonds is 19. The minimum atomic E-state index is -4.55. The summed E-state index contributed by atoms with van der Waals surface area (Å²) in [5, 5.41) is 5.12. The Bertz CT molecular complexity index is 1960. The van der Waals surface area contributed by atoms with Crippen molar-refractivity contribution in [2.24, 2.45) is 5.41 Å². The first-order chi connectivity index (χ1) is 26.2. The van der Waals surface area contributed by atoms with Crippen molar-refractivity contribution in [1.29, 1.82) is 0 Å². The zero-order chi connectivity index (χ0) is 41.4. The van der Waals surface area contributed by atoms with Crippen molar-refractivity contribution in [2.75, 3.05) is 18.9 Å². The number of esters is 2. The van der Waals surface area contributed by atoms with Gasteiger partial charge in [0, 0.05) is 11.8 Å². The van der Waals surface area contributed by atoms with Gasteiger partial charge in [-0.15, -0.1) is 0 Å². The molecule has 1 aliphatic heterocycles. The normalized spacial score (nSPS) is 22.8. The molecule has 1 saturated heterocycles. The van der Waals surface area contributed by atoms with Crippen LogP contribution in [0.1, 0.15) is 60.3 Å². The third kappa shape index (κ3) is 11.7. The summed E-state index contributed by atoms with van der Waals surface area (Å²) in [6.45, 7) is 10.9. The lowest BCUT2D eigenvalue weighted by Gasteiger charge is -2.33. The van der Waals surface area contributed by atoms with Crippen molar-refractivity contribution in [3.05, 3.63) is 82.9 Å². The summed E-state index contributed by atoms with van der Waals surface area (Å²) < 4.78 is 86.6. The number of aromatic nitrogens is 2. The first-order valence-electron chi connectivity index (χ1n) is 17.8. The molecule has 4 N–H and O–H groups in total. The van der Waals surface area contributed by atoms with Gasteiger partial charge in [0.1, 0.15) is 29.4 Å². The zero-order valence-electron chi connectivity index (χ0n) is 32.4. The van der Waals surface area contributed by atoms with Crippen LogP contribution in [0.2, 0.25) is 0 Å². The van der Waals surface area contributed by atoms with E-state index in [9.17, 15) is 23.5 Å². The highest BCUT2D eigenvalue weighted by molar-refractivity contribution is 7.52. The molecule has 4 unspecified atom stereocenters. The molecule has 0 spiro atoms. The number of nitrogen functional groups attached to an aromatic ring is 1. The second-order valence-electron chi connectivity index (χ2n) is 14.0. The smallest absolute Gasteiger partial charge is 0.459 e. The number of carbonyl (C=O) groups is 2. The maximum Gasteiger partial charge on any atom is 0.459 e. The molecule has 0 amide bonds. The number of anilines is 1. The zero-order valence-corrected chi connectivity index (χ0v) is 34.2. The van der Waals surface area contributed by atoms with Gasteiger partial charge in [-0.25, -0.2) is 18.3 Å². The summed E-state index contributed by atoms with van der Waals surface area (Å²) >= 11 is 0. The largest absolute Gasteiger partial charge is 0.462 e.